The third-order valence-corrected chi connectivity index (χ3v) is 2.11. The molecule has 0 unspecified atom stereocenters. The Bertz CT molecular complexity index is 406. The SMILES string of the molecule is CCCCOc1occ(C(=O)O)c1C(=O)OC. The number of unbranched alkanes of at least 4 members (excludes halogenated alkanes) is 1. The Morgan fingerprint density at radius 1 is 1.47 bits per heavy atom. The Morgan fingerprint density at radius 3 is 2.71 bits per heavy atom. The maximum atomic E-state index is 11.4. The molecule has 1 rings (SSSR count). The lowest BCUT2D eigenvalue weighted by Crippen LogP contribution is -2.09. The van der Waals surface area contributed by atoms with E-state index in [1.807, 2.05) is 6.92 Å². The maximum absolute atomic E-state index is 11.4. The number of carbonyl (C=O) groups excluding carboxylic acids is 1. The normalized spacial score (nSPS) is 10.0. The Morgan fingerprint density at radius 2 is 2.18 bits per heavy atom. The highest BCUT2D eigenvalue weighted by atomic mass is 16.6. The number of ether oxygens (including phenoxy) is 2. The number of hydrogen-bond donors (Lipinski definition) is 1. The molecule has 1 aromatic rings. The molecule has 0 spiro atoms. The molecule has 1 aromatic heterocycles. The summed E-state index contributed by atoms with van der Waals surface area (Å²) in [7, 11) is 1.16. The van der Waals surface area contributed by atoms with Crippen molar-refractivity contribution < 1.29 is 28.6 Å². The van der Waals surface area contributed by atoms with Gasteiger partial charge in [0.1, 0.15) is 11.8 Å². The fourth-order valence-corrected chi connectivity index (χ4v) is 1.21. The molecule has 0 radical (unpaired) electrons. The summed E-state index contributed by atoms with van der Waals surface area (Å²) in [6.07, 6.45) is 2.67. The van der Waals surface area contributed by atoms with Crippen molar-refractivity contribution in [2.24, 2.45) is 0 Å². The van der Waals surface area contributed by atoms with Crippen LogP contribution in [0.15, 0.2) is 10.7 Å². The number of esters is 1. The van der Waals surface area contributed by atoms with Crippen LogP contribution < -0.4 is 4.74 Å². The molecule has 1 heterocycles. The van der Waals surface area contributed by atoms with Gasteiger partial charge in [-0.1, -0.05) is 13.3 Å². The van der Waals surface area contributed by atoms with Crippen molar-refractivity contribution in [1.29, 1.82) is 0 Å². The van der Waals surface area contributed by atoms with Gasteiger partial charge < -0.3 is 19.0 Å². The molecular weight excluding hydrogens is 228 g/mol. The minimum Gasteiger partial charge on any atom is -0.478 e. The van der Waals surface area contributed by atoms with Gasteiger partial charge in [-0.25, -0.2) is 9.59 Å². The molecule has 17 heavy (non-hydrogen) atoms. The highest BCUT2D eigenvalue weighted by Crippen LogP contribution is 2.26. The van der Waals surface area contributed by atoms with Crippen molar-refractivity contribution in [3.05, 3.63) is 17.4 Å². The van der Waals surface area contributed by atoms with E-state index in [2.05, 4.69) is 4.74 Å². The largest absolute Gasteiger partial charge is 0.478 e. The summed E-state index contributed by atoms with van der Waals surface area (Å²) in [4.78, 5) is 22.3. The van der Waals surface area contributed by atoms with Crippen molar-refractivity contribution in [1.82, 2.24) is 0 Å². The van der Waals surface area contributed by atoms with Gasteiger partial charge in [0.2, 0.25) is 0 Å². The summed E-state index contributed by atoms with van der Waals surface area (Å²) in [5.74, 6) is -2.16. The van der Waals surface area contributed by atoms with E-state index in [-0.39, 0.29) is 17.1 Å². The lowest BCUT2D eigenvalue weighted by molar-refractivity contribution is 0.0576. The minimum absolute atomic E-state index is 0.109. The number of rotatable bonds is 6. The molecule has 0 aliphatic carbocycles. The number of methoxy groups -OCH3 is 1. The number of furan rings is 1. The smallest absolute Gasteiger partial charge is 0.346 e. The van der Waals surface area contributed by atoms with Gasteiger partial charge in [-0.05, 0) is 6.42 Å². The summed E-state index contributed by atoms with van der Waals surface area (Å²) in [6.45, 7) is 2.34. The van der Waals surface area contributed by atoms with Crippen LogP contribution in [-0.2, 0) is 4.74 Å². The zero-order chi connectivity index (χ0) is 12.8. The van der Waals surface area contributed by atoms with Crippen LogP contribution in [0.2, 0.25) is 0 Å². The highest BCUT2D eigenvalue weighted by molar-refractivity contribution is 6.03. The first-order valence-corrected chi connectivity index (χ1v) is 5.17. The molecule has 0 saturated carbocycles. The van der Waals surface area contributed by atoms with E-state index < -0.39 is 11.9 Å². The fourth-order valence-electron chi connectivity index (χ4n) is 1.21. The molecule has 0 fully saturated rings. The van der Waals surface area contributed by atoms with Gasteiger partial charge >= 0.3 is 11.9 Å². The zero-order valence-electron chi connectivity index (χ0n) is 9.69. The quantitative estimate of drug-likeness (QED) is 0.606. The van der Waals surface area contributed by atoms with Gasteiger partial charge in [-0.3, -0.25) is 0 Å². The van der Waals surface area contributed by atoms with Crippen LogP contribution in [0.3, 0.4) is 0 Å². The molecule has 0 aliphatic heterocycles. The van der Waals surface area contributed by atoms with Gasteiger partial charge in [-0.2, -0.15) is 0 Å². The first-order chi connectivity index (χ1) is 8.11. The molecule has 0 atom stereocenters. The molecule has 6 heteroatoms. The van der Waals surface area contributed by atoms with Gasteiger partial charge in [0, 0.05) is 0 Å². The Kier molecular flexibility index (Phi) is 4.56. The average molecular weight is 242 g/mol. The standard InChI is InChI=1S/C11H14O6/c1-3-4-5-16-11-8(10(14)15-2)7(6-17-11)9(12)13/h6H,3-5H2,1-2H3,(H,12,13). The van der Waals surface area contributed by atoms with Gasteiger partial charge in [0.25, 0.3) is 5.95 Å². The lowest BCUT2D eigenvalue weighted by Gasteiger charge is -2.03. The van der Waals surface area contributed by atoms with E-state index in [0.717, 1.165) is 26.2 Å². The maximum Gasteiger partial charge on any atom is 0.346 e. The van der Waals surface area contributed by atoms with Gasteiger partial charge in [-0.15, -0.1) is 0 Å². The van der Waals surface area contributed by atoms with Crippen LogP contribution in [0, 0.1) is 0 Å². The first-order valence-electron chi connectivity index (χ1n) is 5.17. The van der Waals surface area contributed by atoms with Crippen LogP contribution in [0.25, 0.3) is 0 Å². The highest BCUT2D eigenvalue weighted by Gasteiger charge is 2.27. The molecule has 0 bridgehead atoms. The second kappa shape index (κ2) is 5.93. The van der Waals surface area contributed by atoms with Crippen molar-refractivity contribution in [3.63, 3.8) is 0 Å². The van der Waals surface area contributed by atoms with E-state index in [4.69, 9.17) is 14.3 Å². The van der Waals surface area contributed by atoms with Crippen molar-refractivity contribution in [2.75, 3.05) is 13.7 Å². The number of carboxylic acids is 1. The molecule has 0 aromatic carbocycles. The van der Waals surface area contributed by atoms with E-state index in [1.165, 1.54) is 0 Å². The van der Waals surface area contributed by atoms with Crippen LogP contribution >= 0.6 is 0 Å². The van der Waals surface area contributed by atoms with Crippen molar-refractivity contribution >= 4 is 11.9 Å². The number of carbonyl (C=O) groups is 2. The monoisotopic (exact) mass is 242 g/mol. The van der Waals surface area contributed by atoms with E-state index >= 15 is 0 Å². The number of carboxylic acid groups (broad SMARTS) is 1. The molecule has 94 valence electrons. The summed E-state index contributed by atoms with van der Waals surface area (Å²) in [5.41, 5.74) is -0.445. The summed E-state index contributed by atoms with van der Waals surface area (Å²) in [6, 6.07) is 0. The average Bonchev–Trinajstić information content (AvgIpc) is 2.72. The molecule has 0 saturated heterocycles. The Labute approximate surface area is 98.1 Å². The predicted molar refractivity (Wildman–Crippen MR) is 57.4 cm³/mol. The topological polar surface area (TPSA) is 86.0 Å². The van der Waals surface area contributed by atoms with Gasteiger partial charge in [0.05, 0.1) is 13.7 Å². The Hall–Kier alpha value is -1.98. The van der Waals surface area contributed by atoms with E-state index in [1.54, 1.807) is 0 Å². The number of hydrogen-bond acceptors (Lipinski definition) is 5. The van der Waals surface area contributed by atoms with E-state index in [0.29, 0.717) is 6.61 Å². The second-order valence-electron chi connectivity index (χ2n) is 3.31. The molecular formula is C11H14O6. The lowest BCUT2D eigenvalue weighted by atomic mass is 10.2. The minimum atomic E-state index is -1.26. The van der Waals surface area contributed by atoms with Crippen molar-refractivity contribution in [3.8, 4) is 5.95 Å². The molecule has 0 amide bonds. The summed E-state index contributed by atoms with van der Waals surface area (Å²) < 4.78 is 14.6. The number of aromatic carboxylic acids is 1. The third-order valence-electron chi connectivity index (χ3n) is 2.11. The summed E-state index contributed by atoms with van der Waals surface area (Å²) in [5, 5.41) is 8.87. The van der Waals surface area contributed by atoms with Crippen LogP contribution in [0.5, 0.6) is 5.95 Å². The third kappa shape index (κ3) is 2.99. The molecule has 6 nitrogen and oxygen atoms in total. The van der Waals surface area contributed by atoms with E-state index in [9.17, 15) is 9.59 Å². The van der Waals surface area contributed by atoms with Crippen molar-refractivity contribution in [2.45, 2.75) is 19.8 Å². The zero-order valence-corrected chi connectivity index (χ0v) is 9.69. The second-order valence-corrected chi connectivity index (χ2v) is 3.31. The van der Waals surface area contributed by atoms with Crippen LogP contribution in [-0.4, -0.2) is 30.8 Å². The predicted octanol–water partition coefficient (Wildman–Crippen LogP) is 1.94. The molecule has 0 aliphatic rings. The molecule has 1 N–H and O–H groups in total. The Balaban J connectivity index is 2.96. The first kappa shape index (κ1) is 13.1. The fraction of sp³-hybridized carbons (Fsp3) is 0.455. The summed E-state index contributed by atoms with van der Waals surface area (Å²) >= 11 is 0. The van der Waals surface area contributed by atoms with Crippen LogP contribution in [0.1, 0.15) is 40.5 Å². The van der Waals surface area contributed by atoms with Gasteiger partial charge in [0.15, 0.2) is 5.56 Å². The van der Waals surface area contributed by atoms with Crippen LogP contribution in [0.4, 0.5) is 0 Å².